The Morgan fingerprint density at radius 1 is 1.12 bits per heavy atom. The van der Waals surface area contributed by atoms with E-state index in [1.807, 2.05) is 0 Å². The van der Waals surface area contributed by atoms with Gasteiger partial charge in [0.25, 0.3) is 10.0 Å². The van der Waals surface area contributed by atoms with Gasteiger partial charge in [0.1, 0.15) is 11.9 Å². The van der Waals surface area contributed by atoms with E-state index in [0.29, 0.717) is 12.0 Å². The van der Waals surface area contributed by atoms with Crippen LogP contribution in [-0.2, 0) is 22.6 Å². The standard InChI is InChI=1S/C28H23ClF3N3O5S/c1-17-4-2-5-20(14-17)41(37,38)35-16-19(10-13-26-33-34-27(36)40-26)39-25-12-9-18(15-24(25)35)8-11-21-22(28(30,31)32)6-3-7-23(21)29/h2-9,11-12,14-15,19H,10,13,16H2,1H3,(H,34,36)/b11-8+/t19-/m0/s1. The van der Waals surface area contributed by atoms with Crippen molar-refractivity contribution in [2.24, 2.45) is 0 Å². The number of sulfonamides is 1. The molecular formula is C28H23ClF3N3O5S. The minimum atomic E-state index is -4.61. The first kappa shape index (κ1) is 28.5. The Balaban J connectivity index is 1.52. The van der Waals surface area contributed by atoms with E-state index in [1.54, 1.807) is 37.3 Å². The van der Waals surface area contributed by atoms with Crippen molar-refractivity contribution in [3.05, 3.63) is 104 Å². The minimum absolute atomic E-state index is 0.0617. The summed E-state index contributed by atoms with van der Waals surface area (Å²) in [5.74, 6) is -0.263. The SMILES string of the molecule is Cc1cccc(S(=O)(=O)N2C[C@H](CCc3n[nH]c(=O)o3)Oc3ccc(/C=C/c4c(Cl)cccc4C(F)(F)F)cc32)c1. The molecule has 2 heterocycles. The first-order chi connectivity index (χ1) is 19.4. The van der Waals surface area contributed by atoms with Gasteiger partial charge >= 0.3 is 11.9 Å². The average Bonchev–Trinajstić information content (AvgIpc) is 3.35. The molecule has 0 fully saturated rings. The van der Waals surface area contributed by atoms with Crippen molar-refractivity contribution >= 4 is 39.5 Å². The van der Waals surface area contributed by atoms with Gasteiger partial charge in [0.2, 0.25) is 5.89 Å². The molecule has 0 amide bonds. The number of H-pyrrole nitrogens is 1. The van der Waals surface area contributed by atoms with Crippen molar-refractivity contribution in [1.29, 1.82) is 0 Å². The summed E-state index contributed by atoms with van der Waals surface area (Å²) in [6, 6.07) is 14.7. The number of halogens is 4. The molecule has 13 heteroatoms. The maximum atomic E-state index is 13.8. The number of alkyl halides is 3. The molecule has 1 atom stereocenters. The molecule has 0 bridgehead atoms. The topological polar surface area (TPSA) is 106 Å². The molecule has 0 spiro atoms. The summed E-state index contributed by atoms with van der Waals surface area (Å²) in [6.07, 6.45) is -2.03. The number of nitrogens with zero attached hydrogens (tertiary/aromatic N) is 2. The van der Waals surface area contributed by atoms with E-state index in [4.69, 9.17) is 20.8 Å². The van der Waals surface area contributed by atoms with Gasteiger partial charge in [-0.2, -0.15) is 13.2 Å². The maximum Gasteiger partial charge on any atom is 0.434 e. The molecule has 8 nitrogen and oxygen atoms in total. The zero-order valence-corrected chi connectivity index (χ0v) is 23.1. The van der Waals surface area contributed by atoms with Crippen molar-refractivity contribution in [2.45, 2.75) is 36.9 Å². The van der Waals surface area contributed by atoms with E-state index < -0.39 is 33.6 Å². The lowest BCUT2D eigenvalue weighted by molar-refractivity contribution is -0.137. The van der Waals surface area contributed by atoms with Crippen LogP contribution in [0.5, 0.6) is 5.75 Å². The highest BCUT2D eigenvalue weighted by Crippen LogP contribution is 2.40. The van der Waals surface area contributed by atoms with Crippen LogP contribution in [0.2, 0.25) is 5.02 Å². The summed E-state index contributed by atoms with van der Waals surface area (Å²) in [6.45, 7) is 1.72. The van der Waals surface area contributed by atoms with E-state index in [0.717, 1.165) is 11.6 Å². The van der Waals surface area contributed by atoms with Crippen molar-refractivity contribution < 1.29 is 30.7 Å². The lowest BCUT2D eigenvalue weighted by atomic mass is 10.0. The summed E-state index contributed by atoms with van der Waals surface area (Å²) in [5.41, 5.74) is 0.321. The minimum Gasteiger partial charge on any atom is -0.486 e. The molecule has 1 aliphatic rings. The third-order valence-electron chi connectivity index (χ3n) is 6.46. The van der Waals surface area contributed by atoms with Gasteiger partial charge < -0.3 is 9.15 Å². The van der Waals surface area contributed by atoms with Gasteiger partial charge in [0, 0.05) is 17.0 Å². The van der Waals surface area contributed by atoms with E-state index >= 15 is 0 Å². The van der Waals surface area contributed by atoms with Crippen molar-refractivity contribution in [3.8, 4) is 5.75 Å². The summed E-state index contributed by atoms with van der Waals surface area (Å²) < 4.78 is 80.6. The number of aromatic amines is 1. The lowest BCUT2D eigenvalue weighted by Crippen LogP contribution is -2.43. The zero-order valence-electron chi connectivity index (χ0n) is 21.5. The molecule has 0 saturated heterocycles. The predicted octanol–water partition coefficient (Wildman–Crippen LogP) is 6.10. The van der Waals surface area contributed by atoms with Crippen LogP contribution in [0.25, 0.3) is 12.2 Å². The lowest BCUT2D eigenvalue weighted by Gasteiger charge is -2.35. The van der Waals surface area contributed by atoms with E-state index in [9.17, 15) is 26.4 Å². The van der Waals surface area contributed by atoms with Gasteiger partial charge in [-0.25, -0.2) is 18.3 Å². The Hall–Kier alpha value is -4.03. The number of nitrogens with one attached hydrogen (secondary N) is 1. The van der Waals surface area contributed by atoms with Crippen LogP contribution in [0.1, 0.15) is 34.6 Å². The highest BCUT2D eigenvalue weighted by Gasteiger charge is 2.35. The molecule has 0 radical (unpaired) electrons. The monoisotopic (exact) mass is 605 g/mol. The molecule has 41 heavy (non-hydrogen) atoms. The van der Waals surface area contributed by atoms with E-state index in [1.165, 1.54) is 40.7 Å². The number of anilines is 1. The Morgan fingerprint density at radius 2 is 1.90 bits per heavy atom. The fourth-order valence-corrected chi connectivity index (χ4v) is 6.34. The fraction of sp³-hybridized carbons (Fsp3) is 0.214. The molecule has 4 aromatic rings. The number of fused-ring (bicyclic) bond motifs is 1. The zero-order chi connectivity index (χ0) is 29.4. The maximum absolute atomic E-state index is 13.8. The normalized spacial score (nSPS) is 15.6. The number of hydrogen-bond acceptors (Lipinski definition) is 6. The highest BCUT2D eigenvalue weighted by molar-refractivity contribution is 7.92. The Labute approximate surface area is 238 Å². The molecular weight excluding hydrogens is 583 g/mol. The van der Waals surface area contributed by atoms with Crippen LogP contribution in [0.4, 0.5) is 18.9 Å². The summed E-state index contributed by atoms with van der Waals surface area (Å²) in [5, 5.41) is 5.88. The Bertz CT molecular complexity index is 1780. The third-order valence-corrected chi connectivity index (χ3v) is 8.56. The third kappa shape index (κ3) is 6.18. The predicted molar refractivity (Wildman–Crippen MR) is 147 cm³/mol. The first-order valence-corrected chi connectivity index (χ1v) is 14.2. The van der Waals surface area contributed by atoms with E-state index in [2.05, 4.69) is 10.2 Å². The molecule has 1 aliphatic heterocycles. The van der Waals surface area contributed by atoms with Crippen LogP contribution in [0, 0.1) is 6.92 Å². The number of hydrogen-bond donors (Lipinski definition) is 1. The summed E-state index contributed by atoms with van der Waals surface area (Å²) in [7, 11) is -4.06. The molecule has 1 aromatic heterocycles. The van der Waals surface area contributed by atoms with Crippen LogP contribution in [0.3, 0.4) is 0 Å². The van der Waals surface area contributed by atoms with Gasteiger partial charge in [0.15, 0.2) is 0 Å². The van der Waals surface area contributed by atoms with Gasteiger partial charge in [-0.15, -0.1) is 5.10 Å². The van der Waals surface area contributed by atoms with Crippen molar-refractivity contribution in [3.63, 3.8) is 0 Å². The number of rotatable bonds is 7. The molecule has 1 N–H and O–H groups in total. The fourth-order valence-electron chi connectivity index (χ4n) is 4.50. The van der Waals surface area contributed by atoms with Crippen molar-refractivity contribution in [2.75, 3.05) is 10.8 Å². The molecule has 0 saturated carbocycles. The molecule has 5 rings (SSSR count). The second-order valence-electron chi connectivity index (χ2n) is 9.40. The number of aryl methyl sites for hydroxylation is 2. The van der Waals surface area contributed by atoms with Gasteiger partial charge in [0.05, 0.1) is 22.7 Å². The number of ether oxygens (including phenoxy) is 1. The van der Waals surface area contributed by atoms with Crippen LogP contribution >= 0.6 is 11.6 Å². The van der Waals surface area contributed by atoms with Gasteiger partial charge in [-0.1, -0.05) is 48.0 Å². The first-order valence-electron chi connectivity index (χ1n) is 12.4. The average molecular weight is 606 g/mol. The molecule has 0 aliphatic carbocycles. The Morgan fingerprint density at radius 3 is 2.61 bits per heavy atom. The summed E-state index contributed by atoms with van der Waals surface area (Å²) >= 11 is 6.08. The largest absolute Gasteiger partial charge is 0.486 e. The quantitative estimate of drug-likeness (QED) is 0.255. The summed E-state index contributed by atoms with van der Waals surface area (Å²) in [4.78, 5) is 11.3. The second kappa shape index (κ2) is 11.1. The van der Waals surface area contributed by atoms with Gasteiger partial charge in [-0.3, -0.25) is 4.31 Å². The van der Waals surface area contributed by atoms with Crippen LogP contribution in [0.15, 0.2) is 74.8 Å². The number of aromatic nitrogens is 2. The van der Waals surface area contributed by atoms with E-state index in [-0.39, 0.29) is 45.8 Å². The second-order valence-corrected chi connectivity index (χ2v) is 11.7. The van der Waals surface area contributed by atoms with Crippen LogP contribution < -0.4 is 14.8 Å². The smallest absolute Gasteiger partial charge is 0.434 e. The highest BCUT2D eigenvalue weighted by atomic mass is 35.5. The molecule has 214 valence electrons. The van der Waals surface area contributed by atoms with Gasteiger partial charge in [-0.05, 0) is 60.9 Å². The molecule has 0 unspecified atom stereocenters. The van der Waals surface area contributed by atoms with Crippen molar-refractivity contribution in [1.82, 2.24) is 10.2 Å². The Kier molecular flexibility index (Phi) is 7.71. The van der Waals surface area contributed by atoms with Crippen LogP contribution in [-0.4, -0.2) is 31.3 Å². The number of benzene rings is 3. The molecule has 3 aromatic carbocycles.